The van der Waals surface area contributed by atoms with Crippen molar-refractivity contribution in [2.45, 2.75) is 64.3 Å². The van der Waals surface area contributed by atoms with Crippen LogP contribution in [0.1, 0.15) is 47.0 Å². The molecule has 6 heteroatoms. The van der Waals surface area contributed by atoms with Crippen molar-refractivity contribution in [1.29, 1.82) is 0 Å². The minimum Gasteiger partial charge on any atom is -0.344 e. The molecule has 2 aromatic heterocycles. The highest BCUT2D eigenvalue weighted by atomic mass is 19.4. The molecule has 0 aliphatic carbocycles. The van der Waals surface area contributed by atoms with Gasteiger partial charge in [0.15, 0.2) is 0 Å². The summed E-state index contributed by atoms with van der Waals surface area (Å²) in [6.07, 6.45) is 0.964. The largest absolute Gasteiger partial charge is 0.401 e. The van der Waals surface area contributed by atoms with Crippen molar-refractivity contribution in [3.63, 3.8) is 0 Å². The van der Waals surface area contributed by atoms with E-state index in [1.807, 2.05) is 19.2 Å². The lowest BCUT2D eigenvalue weighted by Gasteiger charge is -2.36. The summed E-state index contributed by atoms with van der Waals surface area (Å²) < 4.78 is 42.1. The van der Waals surface area contributed by atoms with Crippen LogP contribution in [-0.4, -0.2) is 33.2 Å². The van der Waals surface area contributed by atoms with Gasteiger partial charge in [0.25, 0.3) is 0 Å². The van der Waals surface area contributed by atoms with Gasteiger partial charge in [-0.05, 0) is 62.4 Å². The van der Waals surface area contributed by atoms with E-state index in [9.17, 15) is 13.2 Å². The molecular formula is C24H26F3N3. The molecule has 2 atom stereocenters. The molecule has 5 rings (SSSR count). The van der Waals surface area contributed by atoms with Gasteiger partial charge in [-0.25, -0.2) is 0 Å². The number of hydrogen-bond acceptors (Lipinski definition) is 2. The summed E-state index contributed by atoms with van der Waals surface area (Å²) in [5.74, 6) is 0. The molecule has 0 spiro atoms. The molecule has 0 saturated carbocycles. The number of alkyl halides is 3. The van der Waals surface area contributed by atoms with E-state index in [0.29, 0.717) is 6.42 Å². The van der Waals surface area contributed by atoms with Crippen molar-refractivity contribution < 1.29 is 13.2 Å². The number of pyridine rings is 1. The topological polar surface area (TPSA) is 21.1 Å². The Morgan fingerprint density at radius 1 is 1.10 bits per heavy atom. The second-order valence-electron chi connectivity index (χ2n) is 8.83. The van der Waals surface area contributed by atoms with Crippen molar-refractivity contribution in [2.75, 3.05) is 6.54 Å². The van der Waals surface area contributed by atoms with E-state index in [1.54, 1.807) is 4.90 Å². The molecule has 30 heavy (non-hydrogen) atoms. The second kappa shape index (κ2) is 7.12. The van der Waals surface area contributed by atoms with Gasteiger partial charge in [-0.1, -0.05) is 17.7 Å². The number of rotatable bonds is 4. The van der Waals surface area contributed by atoms with Crippen LogP contribution in [0.5, 0.6) is 0 Å². The monoisotopic (exact) mass is 413 g/mol. The fraction of sp³-hybridized carbons (Fsp3) is 0.458. The van der Waals surface area contributed by atoms with Crippen LogP contribution in [0, 0.1) is 13.8 Å². The molecule has 0 radical (unpaired) electrons. The summed E-state index contributed by atoms with van der Waals surface area (Å²) in [7, 11) is 0. The second-order valence-corrected chi connectivity index (χ2v) is 8.83. The Labute approximate surface area is 174 Å². The first kappa shape index (κ1) is 19.6. The molecule has 0 amide bonds. The molecule has 1 fully saturated rings. The Morgan fingerprint density at radius 2 is 1.93 bits per heavy atom. The third-order valence-electron chi connectivity index (χ3n) is 6.73. The maximum atomic E-state index is 13.3. The maximum Gasteiger partial charge on any atom is 0.401 e. The van der Waals surface area contributed by atoms with Gasteiger partial charge < -0.3 is 4.57 Å². The highest BCUT2D eigenvalue weighted by Gasteiger charge is 2.46. The normalized spacial score (nSPS) is 21.4. The molecule has 2 aliphatic rings. The highest BCUT2D eigenvalue weighted by Crippen LogP contribution is 2.48. The molecule has 1 saturated heterocycles. The predicted molar refractivity (Wildman–Crippen MR) is 112 cm³/mol. The average Bonchev–Trinajstić information content (AvgIpc) is 3.11. The van der Waals surface area contributed by atoms with Gasteiger partial charge in [0.2, 0.25) is 0 Å². The van der Waals surface area contributed by atoms with Crippen molar-refractivity contribution in [2.24, 2.45) is 0 Å². The first-order valence-corrected chi connectivity index (χ1v) is 10.7. The number of fused-ring (bicyclic) bond motifs is 6. The van der Waals surface area contributed by atoms with Crippen LogP contribution < -0.4 is 0 Å². The zero-order valence-corrected chi connectivity index (χ0v) is 17.3. The number of halogens is 3. The molecule has 1 aromatic carbocycles. The molecule has 2 aliphatic heterocycles. The van der Waals surface area contributed by atoms with Gasteiger partial charge in [0, 0.05) is 53.5 Å². The van der Waals surface area contributed by atoms with Crippen molar-refractivity contribution in [3.8, 4) is 0 Å². The van der Waals surface area contributed by atoms with Gasteiger partial charge in [-0.2, -0.15) is 13.2 Å². The lowest BCUT2D eigenvalue weighted by molar-refractivity contribution is -0.153. The molecule has 2 unspecified atom stereocenters. The van der Waals surface area contributed by atoms with E-state index in [0.717, 1.165) is 53.5 Å². The van der Waals surface area contributed by atoms with E-state index < -0.39 is 12.7 Å². The quantitative estimate of drug-likeness (QED) is 0.562. The summed E-state index contributed by atoms with van der Waals surface area (Å²) >= 11 is 0. The molecule has 4 heterocycles. The van der Waals surface area contributed by atoms with Crippen molar-refractivity contribution in [3.05, 3.63) is 64.6 Å². The number of aromatic nitrogens is 2. The Hall–Kier alpha value is -2.34. The first-order valence-electron chi connectivity index (χ1n) is 10.7. The molecule has 158 valence electrons. The summed E-state index contributed by atoms with van der Waals surface area (Å²) in [4.78, 5) is 6.10. The third kappa shape index (κ3) is 3.41. The van der Waals surface area contributed by atoms with Crippen LogP contribution in [0.3, 0.4) is 0 Å². The lowest BCUT2D eigenvalue weighted by atomic mass is 9.96. The summed E-state index contributed by atoms with van der Waals surface area (Å²) in [6.45, 7) is 4.03. The van der Waals surface area contributed by atoms with E-state index in [-0.39, 0.29) is 12.1 Å². The molecule has 0 N–H and O–H groups in total. The molecule has 2 bridgehead atoms. The zero-order chi connectivity index (χ0) is 21.0. The number of benzene rings is 1. The summed E-state index contributed by atoms with van der Waals surface area (Å²) in [5.41, 5.74) is 6.84. The Kier molecular flexibility index (Phi) is 4.65. The van der Waals surface area contributed by atoms with Gasteiger partial charge >= 0.3 is 6.18 Å². The van der Waals surface area contributed by atoms with Gasteiger partial charge in [0.05, 0.1) is 6.54 Å². The first-order chi connectivity index (χ1) is 14.3. The Morgan fingerprint density at radius 3 is 2.67 bits per heavy atom. The predicted octanol–water partition coefficient (Wildman–Crippen LogP) is 5.52. The lowest BCUT2D eigenvalue weighted by Crippen LogP contribution is -2.43. The fourth-order valence-corrected chi connectivity index (χ4v) is 5.42. The van der Waals surface area contributed by atoms with Crippen molar-refractivity contribution in [1.82, 2.24) is 14.5 Å². The molecule has 3 nitrogen and oxygen atoms in total. The smallest absolute Gasteiger partial charge is 0.344 e. The third-order valence-corrected chi connectivity index (χ3v) is 6.73. The number of aryl methyl sites for hydroxylation is 4. The van der Waals surface area contributed by atoms with E-state index in [2.05, 4.69) is 40.7 Å². The van der Waals surface area contributed by atoms with Gasteiger partial charge in [-0.15, -0.1) is 0 Å². The number of hydrogen-bond donors (Lipinski definition) is 0. The zero-order valence-electron chi connectivity index (χ0n) is 17.3. The summed E-state index contributed by atoms with van der Waals surface area (Å²) in [6, 6.07) is 10.4. The average molecular weight is 413 g/mol. The highest BCUT2D eigenvalue weighted by molar-refractivity contribution is 5.87. The van der Waals surface area contributed by atoms with Gasteiger partial charge in [0.1, 0.15) is 0 Å². The van der Waals surface area contributed by atoms with Crippen LogP contribution in [0.15, 0.2) is 36.5 Å². The fourth-order valence-electron chi connectivity index (χ4n) is 5.42. The van der Waals surface area contributed by atoms with Crippen LogP contribution in [0.25, 0.3) is 10.9 Å². The van der Waals surface area contributed by atoms with Gasteiger partial charge in [-0.3, -0.25) is 9.88 Å². The Bertz CT molecular complexity index is 1080. The minimum atomic E-state index is -4.16. The van der Waals surface area contributed by atoms with Crippen molar-refractivity contribution >= 4 is 10.9 Å². The van der Waals surface area contributed by atoms with Crippen LogP contribution in [-0.2, 0) is 19.4 Å². The van der Waals surface area contributed by atoms with E-state index in [1.165, 1.54) is 11.3 Å². The van der Waals surface area contributed by atoms with Crippen LogP contribution in [0.4, 0.5) is 13.2 Å². The SMILES string of the molecule is Cc1ccc2c(c1)c1c(n2CCc2ccc(C)nc2)CC2CCC1N2CC(F)(F)F. The standard InChI is InChI=1S/C24H26F3N3/c1-15-3-7-20-19(11-15)23-21-8-6-18(30(21)14-24(25,26)27)12-22(23)29(20)10-9-17-5-4-16(2)28-13-17/h3-5,7,11,13,18,21H,6,8-10,12,14H2,1-2H3. The minimum absolute atomic E-state index is 0.0191. The molecular weight excluding hydrogens is 387 g/mol. The van der Waals surface area contributed by atoms with E-state index in [4.69, 9.17) is 0 Å². The molecule has 3 aromatic rings. The summed E-state index contributed by atoms with van der Waals surface area (Å²) in [5, 5.41) is 1.13. The van der Waals surface area contributed by atoms with E-state index >= 15 is 0 Å². The number of nitrogens with zero attached hydrogens (tertiary/aromatic N) is 3. The maximum absolute atomic E-state index is 13.3. The van der Waals surface area contributed by atoms with Crippen LogP contribution >= 0.6 is 0 Å². The Balaban J connectivity index is 1.56. The van der Waals surface area contributed by atoms with Crippen LogP contribution in [0.2, 0.25) is 0 Å².